The molecule has 10 heteroatoms. The molecule has 0 amide bonds. The molecule has 0 spiro atoms. The molecule has 3 heterocycles. The highest BCUT2D eigenvalue weighted by molar-refractivity contribution is 6.01. The van der Waals surface area contributed by atoms with E-state index in [0.717, 1.165) is 0 Å². The lowest BCUT2D eigenvalue weighted by Crippen LogP contribution is -2.52. The number of aromatic nitrogens is 2. The molecule has 0 radical (unpaired) electrons. The Labute approximate surface area is 142 Å². The molecule has 2 aromatic rings. The van der Waals surface area contributed by atoms with E-state index < -0.39 is 6.29 Å². The van der Waals surface area contributed by atoms with E-state index in [-0.39, 0.29) is 10.9 Å². The van der Waals surface area contributed by atoms with Crippen LogP contribution in [0.15, 0.2) is 65.1 Å². The maximum atomic E-state index is 11.1. The number of benzene rings is 1. The smallest absolute Gasteiger partial charge is 0.265 e. The molecule has 25 heavy (non-hydrogen) atoms. The lowest BCUT2D eigenvalue weighted by atomic mass is 10.1. The SMILES string of the molecule is [O-]N(O)c1cccc(C2=NON(c3ncccn3)C3N=CC=CN23)c1. The van der Waals surface area contributed by atoms with Crippen molar-refractivity contribution in [3.63, 3.8) is 0 Å². The lowest BCUT2D eigenvalue weighted by Gasteiger charge is -2.38. The van der Waals surface area contributed by atoms with E-state index >= 15 is 0 Å². The summed E-state index contributed by atoms with van der Waals surface area (Å²) in [5.74, 6) is 0.733. The average molecular weight is 338 g/mol. The Morgan fingerprint density at radius 2 is 2.04 bits per heavy atom. The van der Waals surface area contributed by atoms with E-state index in [0.29, 0.717) is 17.3 Å². The van der Waals surface area contributed by atoms with E-state index in [9.17, 15) is 5.21 Å². The maximum Gasteiger partial charge on any atom is 0.265 e. The zero-order valence-electron chi connectivity index (χ0n) is 12.7. The Balaban J connectivity index is 1.73. The van der Waals surface area contributed by atoms with E-state index in [4.69, 9.17) is 10.1 Å². The molecule has 1 aromatic heterocycles. The molecule has 0 bridgehead atoms. The van der Waals surface area contributed by atoms with Crippen molar-refractivity contribution < 1.29 is 10.1 Å². The van der Waals surface area contributed by atoms with Crippen LogP contribution in [0.2, 0.25) is 0 Å². The predicted octanol–water partition coefficient (Wildman–Crippen LogP) is 1.47. The van der Waals surface area contributed by atoms with Crippen molar-refractivity contribution in [2.45, 2.75) is 6.29 Å². The molecule has 1 unspecified atom stereocenters. The second kappa shape index (κ2) is 6.19. The molecule has 10 nitrogen and oxygen atoms in total. The molecule has 126 valence electrons. The first-order valence-electron chi connectivity index (χ1n) is 7.30. The summed E-state index contributed by atoms with van der Waals surface area (Å²) < 4.78 is 0. The number of fused-ring (bicyclic) bond motifs is 1. The van der Waals surface area contributed by atoms with Gasteiger partial charge in [-0.15, -0.1) is 5.06 Å². The normalized spacial score (nSPS) is 18.5. The summed E-state index contributed by atoms with van der Waals surface area (Å²) in [5, 5.41) is 25.5. The van der Waals surface area contributed by atoms with Gasteiger partial charge in [0.05, 0.1) is 5.69 Å². The van der Waals surface area contributed by atoms with Crippen molar-refractivity contribution in [2.24, 2.45) is 10.1 Å². The van der Waals surface area contributed by atoms with Crippen molar-refractivity contribution in [1.82, 2.24) is 14.9 Å². The minimum atomic E-state index is -0.596. The van der Waals surface area contributed by atoms with Crippen LogP contribution in [0.3, 0.4) is 0 Å². The van der Waals surface area contributed by atoms with Gasteiger partial charge in [-0.25, -0.2) is 15.0 Å². The monoisotopic (exact) mass is 338 g/mol. The summed E-state index contributed by atoms with van der Waals surface area (Å²) in [6, 6.07) is 8.04. The summed E-state index contributed by atoms with van der Waals surface area (Å²) >= 11 is 0. The van der Waals surface area contributed by atoms with Crippen LogP contribution in [0.1, 0.15) is 5.56 Å². The molecule has 4 rings (SSSR count). The topological polar surface area (TPSA) is 113 Å². The van der Waals surface area contributed by atoms with Crippen LogP contribution >= 0.6 is 0 Å². The fourth-order valence-corrected chi connectivity index (χ4v) is 2.44. The van der Waals surface area contributed by atoms with E-state index in [1.165, 1.54) is 17.2 Å². The highest BCUT2D eigenvalue weighted by Crippen LogP contribution is 2.26. The molecule has 1 atom stereocenters. The Morgan fingerprint density at radius 3 is 2.84 bits per heavy atom. The van der Waals surface area contributed by atoms with Crippen LogP contribution in [-0.2, 0) is 4.94 Å². The summed E-state index contributed by atoms with van der Waals surface area (Å²) in [7, 11) is 0. The molecular weight excluding hydrogens is 326 g/mol. The first-order valence-corrected chi connectivity index (χ1v) is 7.30. The molecule has 2 aliphatic heterocycles. The second-order valence-electron chi connectivity index (χ2n) is 5.09. The first kappa shape index (κ1) is 15.1. The lowest BCUT2D eigenvalue weighted by molar-refractivity contribution is 0.0422. The number of oxime groups is 1. The van der Waals surface area contributed by atoms with Gasteiger partial charge in [0.25, 0.3) is 5.95 Å². The predicted molar refractivity (Wildman–Crippen MR) is 89.5 cm³/mol. The van der Waals surface area contributed by atoms with Crippen molar-refractivity contribution in [3.8, 4) is 0 Å². The number of hydrogen-bond donors (Lipinski definition) is 1. The van der Waals surface area contributed by atoms with Gasteiger partial charge in [-0.1, -0.05) is 12.1 Å². The van der Waals surface area contributed by atoms with E-state index in [1.54, 1.807) is 54.0 Å². The van der Waals surface area contributed by atoms with Crippen molar-refractivity contribution in [1.29, 1.82) is 0 Å². The molecule has 0 fully saturated rings. The second-order valence-corrected chi connectivity index (χ2v) is 5.09. The van der Waals surface area contributed by atoms with E-state index in [1.807, 2.05) is 0 Å². The van der Waals surface area contributed by atoms with Crippen molar-refractivity contribution in [2.75, 3.05) is 10.3 Å². The van der Waals surface area contributed by atoms with Crippen molar-refractivity contribution >= 4 is 23.7 Å². The van der Waals surface area contributed by atoms with Crippen LogP contribution in [0.25, 0.3) is 0 Å². The minimum absolute atomic E-state index is 0.0788. The standard InChI is InChI=1S/C15H12N7O3/c23-22(24)12-5-1-4-11(10-12)13-19-25-21(14-16-6-2-7-17-14)15-18-8-3-9-20(13)15/h1-10,15,23H/q-1. The van der Waals surface area contributed by atoms with Gasteiger partial charge in [-0.3, -0.25) is 15.0 Å². The zero-order valence-corrected chi connectivity index (χ0v) is 12.7. The largest absolute Gasteiger partial charge is 0.733 e. The minimum Gasteiger partial charge on any atom is -0.733 e. The van der Waals surface area contributed by atoms with Gasteiger partial charge >= 0.3 is 0 Å². The van der Waals surface area contributed by atoms with Crippen LogP contribution in [0, 0.1) is 5.21 Å². The molecular formula is C15H12N7O3-. The quantitative estimate of drug-likeness (QED) is 0.837. The Kier molecular flexibility index (Phi) is 3.72. The van der Waals surface area contributed by atoms with Gasteiger partial charge in [-0.05, 0) is 29.4 Å². The van der Waals surface area contributed by atoms with Crippen LogP contribution in [0.5, 0.6) is 0 Å². The fourth-order valence-electron chi connectivity index (χ4n) is 2.44. The molecule has 2 aliphatic rings. The Morgan fingerprint density at radius 1 is 1.20 bits per heavy atom. The van der Waals surface area contributed by atoms with Crippen molar-refractivity contribution in [3.05, 3.63) is 65.8 Å². The number of rotatable bonds is 3. The highest BCUT2D eigenvalue weighted by Gasteiger charge is 2.35. The Hall–Kier alpha value is -3.50. The Bertz CT molecular complexity index is 853. The fraction of sp³-hybridized carbons (Fsp3) is 0.0667. The third-order valence-electron chi connectivity index (χ3n) is 3.55. The first-order chi connectivity index (χ1) is 12.2. The molecule has 0 saturated heterocycles. The van der Waals surface area contributed by atoms with Crippen LogP contribution < -0.4 is 10.3 Å². The van der Waals surface area contributed by atoms with Gasteiger partial charge in [0, 0.05) is 30.4 Å². The molecule has 0 saturated carbocycles. The van der Waals surface area contributed by atoms with Crippen LogP contribution in [0.4, 0.5) is 11.6 Å². The summed E-state index contributed by atoms with van der Waals surface area (Å²) in [5.41, 5.74) is 0.655. The summed E-state index contributed by atoms with van der Waals surface area (Å²) in [6.45, 7) is 0. The summed E-state index contributed by atoms with van der Waals surface area (Å²) in [4.78, 5) is 19.9. The number of amidine groups is 1. The molecule has 1 N–H and O–H groups in total. The van der Waals surface area contributed by atoms with Gasteiger partial charge < -0.3 is 10.4 Å². The van der Waals surface area contributed by atoms with Crippen LogP contribution in [-0.4, -0.2) is 38.4 Å². The number of aliphatic imine (C=N–C) groups is 1. The highest BCUT2D eigenvalue weighted by atomic mass is 16.8. The number of allylic oxidation sites excluding steroid dienone is 1. The van der Waals surface area contributed by atoms with Gasteiger partial charge in [-0.2, -0.15) is 0 Å². The number of nitrogens with zero attached hydrogens (tertiary/aromatic N) is 7. The average Bonchev–Trinajstić information content (AvgIpc) is 2.68. The third kappa shape index (κ3) is 2.75. The van der Waals surface area contributed by atoms with Gasteiger partial charge in [0.15, 0.2) is 5.84 Å². The summed E-state index contributed by atoms with van der Waals surface area (Å²) in [6.07, 6.45) is 7.73. The molecule has 0 aliphatic carbocycles. The number of hydroxylamine groups is 1. The number of anilines is 2. The third-order valence-corrected chi connectivity index (χ3v) is 3.55. The van der Waals surface area contributed by atoms with Gasteiger partial charge in [0.2, 0.25) is 6.29 Å². The number of hydrogen-bond acceptors (Lipinski definition) is 10. The maximum absolute atomic E-state index is 11.1. The van der Waals surface area contributed by atoms with Gasteiger partial charge in [0.1, 0.15) is 0 Å². The zero-order chi connectivity index (χ0) is 17.2. The molecule has 1 aromatic carbocycles. The van der Waals surface area contributed by atoms with E-state index in [2.05, 4.69) is 20.1 Å².